The van der Waals surface area contributed by atoms with E-state index in [-0.39, 0.29) is 14.2 Å². The molecule has 0 N–H and O–H groups in total. The van der Waals surface area contributed by atoms with Gasteiger partial charge in [-0.1, -0.05) is 91.0 Å². The molecular weight excluding hydrogens is 399 g/mol. The van der Waals surface area contributed by atoms with Gasteiger partial charge in [0.25, 0.3) is 0 Å². The largest absolute Gasteiger partial charge is 0.863 e. The van der Waals surface area contributed by atoms with Crippen molar-refractivity contribution < 1.29 is 22.2 Å². The first kappa shape index (κ1) is 19.6. The molecule has 0 aliphatic carbocycles. The highest BCUT2D eigenvalue weighted by molar-refractivity contribution is 6.85. The molecule has 2 aliphatic rings. The molecule has 0 unspecified atom stereocenters. The van der Waals surface area contributed by atoms with E-state index in [9.17, 15) is 0 Å². The van der Waals surface area contributed by atoms with Gasteiger partial charge in [0, 0.05) is 0 Å². The second-order valence-electron chi connectivity index (χ2n) is 6.62. The zero-order valence-electron chi connectivity index (χ0n) is 15.5. The summed E-state index contributed by atoms with van der Waals surface area (Å²) in [5, 5.41) is 0. The van der Waals surface area contributed by atoms with E-state index >= 15 is 0 Å². The lowest BCUT2D eigenvalue weighted by Gasteiger charge is -2.35. The maximum absolute atomic E-state index is 6.02. The molecule has 5 rings (SSSR count). The molecule has 0 aromatic heterocycles. The molecule has 2 aliphatic heterocycles. The lowest BCUT2D eigenvalue weighted by Crippen LogP contribution is -2.64. The molecule has 0 bridgehead atoms. The van der Waals surface area contributed by atoms with Crippen molar-refractivity contribution in [1.82, 2.24) is 0 Å². The summed E-state index contributed by atoms with van der Waals surface area (Å²) in [6, 6.07) is 29.3. The van der Waals surface area contributed by atoms with Crippen LogP contribution in [-0.4, -0.2) is 51.7 Å². The molecule has 11 heteroatoms. The van der Waals surface area contributed by atoms with Gasteiger partial charge >= 0.3 is 51.7 Å². The van der Waals surface area contributed by atoms with Crippen molar-refractivity contribution in [1.29, 1.82) is 0 Å². The van der Waals surface area contributed by atoms with Gasteiger partial charge in [-0.15, -0.1) is 0 Å². The third-order valence-electron chi connectivity index (χ3n) is 4.62. The van der Waals surface area contributed by atoms with Crippen LogP contribution in [0.15, 0.2) is 91.0 Å². The van der Waals surface area contributed by atoms with E-state index in [4.69, 9.17) is 22.2 Å². The van der Waals surface area contributed by atoms with Crippen molar-refractivity contribution in [2.75, 3.05) is 0 Å². The maximum Gasteiger partial charge on any atom is 0.863 e. The van der Waals surface area contributed by atoms with Crippen LogP contribution in [0.25, 0.3) is 0 Å². The predicted molar refractivity (Wildman–Crippen MR) is 114 cm³/mol. The number of hydrogen-bond acceptors (Lipinski definition) is 6. The van der Waals surface area contributed by atoms with E-state index in [1.165, 1.54) is 0 Å². The zero-order valence-corrected chi connectivity index (χ0v) is 17.8. The molecule has 3 aromatic rings. The Balaban J connectivity index is 1.19. The van der Waals surface area contributed by atoms with Gasteiger partial charge in [-0.3, -0.25) is 0 Å². The van der Waals surface area contributed by atoms with Crippen LogP contribution in [0, 0.1) is 0 Å². The van der Waals surface area contributed by atoms with E-state index in [1.807, 2.05) is 91.0 Å². The Morgan fingerprint density at radius 1 is 0.552 bits per heavy atom. The number of rotatable bonds is 7. The molecule has 2 saturated heterocycles. The van der Waals surface area contributed by atoms with E-state index in [1.54, 1.807) is 0 Å². The van der Waals surface area contributed by atoms with Gasteiger partial charge in [-0.05, 0) is 16.4 Å². The standard InChI is InChI=1S/3C6H5BO2.2Al/c3*8-7(9)6-4-2-1-3-5-6;;/h3*1-5H;;/q3*-2;2*+3. The summed E-state index contributed by atoms with van der Waals surface area (Å²) < 4.78 is 35.4. The van der Waals surface area contributed by atoms with Crippen LogP contribution in [0.2, 0.25) is 0 Å². The molecule has 29 heavy (non-hydrogen) atoms. The highest BCUT2D eigenvalue weighted by Gasteiger charge is 2.56. The third-order valence-corrected chi connectivity index (χ3v) is 7.44. The Morgan fingerprint density at radius 3 is 1.34 bits per heavy atom. The first-order valence-corrected chi connectivity index (χ1v) is 12.3. The highest BCUT2D eigenvalue weighted by atomic mass is 27.3. The minimum absolute atomic E-state index is 0.375. The van der Waals surface area contributed by atoms with Crippen LogP contribution in [-0.2, 0) is 22.2 Å². The second kappa shape index (κ2) is 9.22. The van der Waals surface area contributed by atoms with Crippen molar-refractivity contribution in [3.8, 4) is 0 Å². The molecule has 0 spiro atoms. The van der Waals surface area contributed by atoms with Gasteiger partial charge in [-0.25, -0.2) is 0 Å². The Hall–Kier alpha value is -1.32. The molecule has 0 radical (unpaired) electrons. The van der Waals surface area contributed by atoms with Gasteiger partial charge in [0.1, 0.15) is 0 Å². The van der Waals surface area contributed by atoms with Gasteiger partial charge in [0.15, 0.2) is 0 Å². The van der Waals surface area contributed by atoms with Gasteiger partial charge in [-0.2, -0.15) is 0 Å². The van der Waals surface area contributed by atoms with Crippen LogP contribution >= 0.6 is 0 Å². The first-order chi connectivity index (χ1) is 14.3. The quantitative estimate of drug-likeness (QED) is 0.518. The smallest absolute Gasteiger partial charge is 0.495 e. The topological polar surface area (TPSA) is 55.4 Å². The van der Waals surface area contributed by atoms with Crippen LogP contribution in [0.5, 0.6) is 0 Å². The summed E-state index contributed by atoms with van der Waals surface area (Å²) in [4.78, 5) is 0. The third kappa shape index (κ3) is 4.72. The molecular formula is C18H15Al2B3O6. The fourth-order valence-corrected chi connectivity index (χ4v) is 5.80. The Labute approximate surface area is 180 Å². The lowest BCUT2D eigenvalue weighted by atomic mass is 9.80. The fourth-order valence-electron chi connectivity index (χ4n) is 3.09. The monoisotopic (exact) mass is 414 g/mol. The molecule has 0 atom stereocenters. The first-order valence-electron chi connectivity index (χ1n) is 9.43. The lowest BCUT2D eigenvalue weighted by molar-refractivity contribution is 0.173. The minimum atomic E-state index is -2.29. The summed E-state index contributed by atoms with van der Waals surface area (Å²) in [6.07, 6.45) is 0. The van der Waals surface area contributed by atoms with E-state index < -0.39 is 37.4 Å². The summed E-state index contributed by atoms with van der Waals surface area (Å²) in [5.41, 5.74) is 2.82. The molecule has 0 amide bonds. The molecule has 0 saturated carbocycles. The van der Waals surface area contributed by atoms with Crippen molar-refractivity contribution in [2.24, 2.45) is 0 Å². The predicted octanol–water partition coefficient (Wildman–Crippen LogP) is 0.269. The van der Waals surface area contributed by atoms with Crippen LogP contribution in [0.1, 0.15) is 0 Å². The van der Waals surface area contributed by atoms with Crippen molar-refractivity contribution in [3.05, 3.63) is 91.0 Å². The summed E-state index contributed by atoms with van der Waals surface area (Å²) in [6.45, 7) is 0. The maximum atomic E-state index is 6.02. The summed E-state index contributed by atoms with van der Waals surface area (Å²) >= 11 is -4.58. The van der Waals surface area contributed by atoms with Crippen LogP contribution in [0.4, 0.5) is 0 Å². The SMILES string of the molecule is c1ccc(B2[O][Al]([O]B([O][Al]3[O]B(c4ccccc4)[O]3)c3ccccc3)[O]2)cc1. The van der Waals surface area contributed by atoms with E-state index in [0.717, 1.165) is 16.4 Å². The number of benzene rings is 3. The van der Waals surface area contributed by atoms with Crippen molar-refractivity contribution in [2.45, 2.75) is 0 Å². The second-order valence-corrected chi connectivity index (χ2v) is 9.41. The normalized spacial score (nSPS) is 15.7. The van der Waals surface area contributed by atoms with Crippen LogP contribution in [0.3, 0.4) is 0 Å². The molecule has 2 fully saturated rings. The van der Waals surface area contributed by atoms with Gasteiger partial charge in [0.2, 0.25) is 0 Å². The molecule has 2 heterocycles. The van der Waals surface area contributed by atoms with Crippen LogP contribution < -0.4 is 16.4 Å². The average molecular weight is 414 g/mol. The van der Waals surface area contributed by atoms with E-state index in [0.29, 0.717) is 0 Å². The Kier molecular flexibility index (Phi) is 6.24. The van der Waals surface area contributed by atoms with Crippen molar-refractivity contribution in [3.63, 3.8) is 0 Å². The van der Waals surface area contributed by atoms with Gasteiger partial charge < -0.3 is 22.2 Å². The summed E-state index contributed by atoms with van der Waals surface area (Å²) in [7, 11) is -1.39. The minimum Gasteiger partial charge on any atom is -0.495 e. The Bertz CT molecular complexity index is 857. The number of hydrogen-bond donors (Lipinski definition) is 0. The highest BCUT2D eigenvalue weighted by Crippen LogP contribution is 2.16. The molecule has 138 valence electrons. The Morgan fingerprint density at radius 2 is 0.931 bits per heavy atom. The molecule has 3 aromatic carbocycles. The molecule has 6 nitrogen and oxygen atoms in total. The fraction of sp³-hybridized carbons (Fsp3) is 0. The zero-order chi connectivity index (χ0) is 19.5. The average Bonchev–Trinajstić information content (AvgIpc) is 2.73. The van der Waals surface area contributed by atoms with Crippen molar-refractivity contribution >= 4 is 68.0 Å². The van der Waals surface area contributed by atoms with E-state index in [2.05, 4.69) is 0 Å². The van der Waals surface area contributed by atoms with Gasteiger partial charge in [0.05, 0.1) is 0 Å². The summed E-state index contributed by atoms with van der Waals surface area (Å²) in [5.74, 6) is 0.